The molecule has 1 heterocycles. The van der Waals surface area contributed by atoms with Crippen molar-refractivity contribution >= 4 is 5.69 Å². The molecule has 1 aliphatic heterocycles. The second kappa shape index (κ2) is 13.0. The zero-order valence-corrected chi connectivity index (χ0v) is 22.4. The highest BCUT2D eigenvalue weighted by Crippen LogP contribution is 2.36. The van der Waals surface area contributed by atoms with Crippen molar-refractivity contribution in [2.75, 3.05) is 38.7 Å². The number of nitrogens with zero attached hydrogens (tertiary/aromatic N) is 1. The second-order valence-electron chi connectivity index (χ2n) is 10.6. The molecule has 3 aromatic rings. The van der Waals surface area contributed by atoms with Gasteiger partial charge in [-0.2, -0.15) is 0 Å². The molecule has 1 unspecified atom stereocenters. The number of nitrogens with one attached hydrogen (secondary N) is 1. The standard InChI is InChI=1S/C33H42N2O2/c1-36-31-18-15-28-23-29(10-8-9-27(28)24-31)32-11-4-5-12-33(32)34-25-26-13-16-30(17-14-26)37-22-21-35-19-6-2-3-7-20-35/h4-5,11-18,24,29,34H,2-3,6-10,19-23,25H2,1H3. The minimum absolute atomic E-state index is 0.526. The predicted octanol–water partition coefficient (Wildman–Crippen LogP) is 7.22. The SMILES string of the molecule is COc1ccc2c(c1)CCCC(c1ccccc1NCc1ccc(OCCN3CCCCCC3)cc1)C2. The molecule has 4 heteroatoms. The lowest BCUT2D eigenvalue weighted by Crippen LogP contribution is -2.29. The molecule has 0 aromatic heterocycles. The Morgan fingerprint density at radius 1 is 0.838 bits per heavy atom. The molecule has 1 atom stereocenters. The van der Waals surface area contributed by atoms with Gasteiger partial charge in [-0.15, -0.1) is 0 Å². The molecule has 0 bridgehead atoms. The van der Waals surface area contributed by atoms with E-state index in [9.17, 15) is 0 Å². The van der Waals surface area contributed by atoms with Crippen LogP contribution in [0.15, 0.2) is 66.7 Å². The summed E-state index contributed by atoms with van der Waals surface area (Å²) < 4.78 is 11.5. The zero-order valence-electron chi connectivity index (χ0n) is 22.4. The van der Waals surface area contributed by atoms with Gasteiger partial charge in [0.05, 0.1) is 7.11 Å². The van der Waals surface area contributed by atoms with Gasteiger partial charge in [-0.3, -0.25) is 4.90 Å². The monoisotopic (exact) mass is 498 g/mol. The van der Waals surface area contributed by atoms with Crippen LogP contribution in [-0.4, -0.2) is 38.3 Å². The summed E-state index contributed by atoms with van der Waals surface area (Å²) in [6, 6.07) is 24.1. The third kappa shape index (κ3) is 7.07. The van der Waals surface area contributed by atoms with Gasteiger partial charge in [0.2, 0.25) is 0 Å². The number of hydrogen-bond donors (Lipinski definition) is 1. The predicted molar refractivity (Wildman–Crippen MR) is 153 cm³/mol. The lowest BCUT2D eigenvalue weighted by molar-refractivity contribution is 0.214. The minimum atomic E-state index is 0.526. The number of para-hydroxylation sites is 1. The minimum Gasteiger partial charge on any atom is -0.497 e. The summed E-state index contributed by atoms with van der Waals surface area (Å²) in [6.07, 6.45) is 10.0. The maximum Gasteiger partial charge on any atom is 0.119 e. The van der Waals surface area contributed by atoms with Crippen molar-refractivity contribution < 1.29 is 9.47 Å². The van der Waals surface area contributed by atoms with Gasteiger partial charge in [-0.05, 0) is 110 Å². The third-order valence-corrected chi connectivity index (χ3v) is 8.06. The normalized spacial score (nSPS) is 18.4. The van der Waals surface area contributed by atoms with Gasteiger partial charge in [0.1, 0.15) is 18.1 Å². The summed E-state index contributed by atoms with van der Waals surface area (Å²) in [5.41, 5.74) is 6.86. The lowest BCUT2D eigenvalue weighted by atomic mass is 9.88. The maximum absolute atomic E-state index is 6.05. The Bertz CT molecular complexity index is 1120. The topological polar surface area (TPSA) is 33.7 Å². The van der Waals surface area contributed by atoms with Crippen molar-refractivity contribution in [1.82, 2.24) is 4.90 Å². The Kier molecular flexibility index (Phi) is 9.02. The fourth-order valence-electron chi connectivity index (χ4n) is 5.90. The summed E-state index contributed by atoms with van der Waals surface area (Å²) in [5, 5.41) is 3.73. The molecule has 0 spiro atoms. The van der Waals surface area contributed by atoms with Crippen LogP contribution in [0.2, 0.25) is 0 Å². The second-order valence-corrected chi connectivity index (χ2v) is 10.6. The number of methoxy groups -OCH3 is 1. The van der Waals surface area contributed by atoms with E-state index in [-0.39, 0.29) is 0 Å². The van der Waals surface area contributed by atoms with Gasteiger partial charge in [0.15, 0.2) is 0 Å². The molecule has 0 saturated carbocycles. The summed E-state index contributed by atoms with van der Waals surface area (Å²) >= 11 is 0. The van der Waals surface area contributed by atoms with Crippen LogP contribution in [0.4, 0.5) is 5.69 Å². The Hall–Kier alpha value is -2.98. The smallest absolute Gasteiger partial charge is 0.119 e. The first kappa shape index (κ1) is 25.7. The van der Waals surface area contributed by atoms with Crippen LogP contribution < -0.4 is 14.8 Å². The van der Waals surface area contributed by atoms with Crippen LogP contribution in [0.3, 0.4) is 0 Å². The van der Waals surface area contributed by atoms with E-state index in [1.54, 1.807) is 7.11 Å². The molecule has 2 aliphatic rings. The number of likely N-dealkylation sites (tertiary alicyclic amines) is 1. The van der Waals surface area contributed by atoms with Crippen molar-refractivity contribution in [2.24, 2.45) is 0 Å². The molecule has 0 amide bonds. The molecule has 1 N–H and O–H groups in total. The first-order valence-corrected chi connectivity index (χ1v) is 14.2. The van der Waals surface area contributed by atoms with E-state index >= 15 is 0 Å². The third-order valence-electron chi connectivity index (χ3n) is 8.06. The number of fused-ring (bicyclic) bond motifs is 1. The Morgan fingerprint density at radius 2 is 1.62 bits per heavy atom. The number of anilines is 1. The number of rotatable bonds is 9. The van der Waals surface area contributed by atoms with E-state index in [0.717, 1.165) is 44.0 Å². The van der Waals surface area contributed by atoms with Crippen LogP contribution in [0.1, 0.15) is 66.7 Å². The Morgan fingerprint density at radius 3 is 2.43 bits per heavy atom. The van der Waals surface area contributed by atoms with E-state index in [0.29, 0.717) is 5.92 Å². The van der Waals surface area contributed by atoms with Gasteiger partial charge in [0, 0.05) is 18.8 Å². The fraction of sp³-hybridized carbons (Fsp3) is 0.455. The molecular weight excluding hydrogens is 456 g/mol. The number of aryl methyl sites for hydroxylation is 1. The molecule has 1 fully saturated rings. The summed E-state index contributed by atoms with van der Waals surface area (Å²) in [5.74, 6) is 2.46. The van der Waals surface area contributed by atoms with Crippen molar-refractivity contribution in [2.45, 2.75) is 63.8 Å². The fourth-order valence-corrected chi connectivity index (χ4v) is 5.90. The zero-order chi connectivity index (χ0) is 25.3. The molecule has 3 aromatic carbocycles. The molecule has 4 nitrogen and oxygen atoms in total. The van der Waals surface area contributed by atoms with Crippen molar-refractivity contribution in [3.63, 3.8) is 0 Å². The van der Waals surface area contributed by atoms with E-state index in [4.69, 9.17) is 9.47 Å². The average molecular weight is 499 g/mol. The first-order valence-electron chi connectivity index (χ1n) is 14.2. The highest BCUT2D eigenvalue weighted by molar-refractivity contribution is 5.54. The van der Waals surface area contributed by atoms with Crippen LogP contribution in [-0.2, 0) is 19.4 Å². The average Bonchev–Trinajstić information content (AvgIpc) is 3.33. The largest absolute Gasteiger partial charge is 0.497 e. The van der Waals surface area contributed by atoms with Crippen molar-refractivity contribution in [3.05, 3.63) is 89.0 Å². The number of ether oxygens (including phenoxy) is 2. The van der Waals surface area contributed by atoms with E-state index in [1.807, 2.05) is 0 Å². The van der Waals surface area contributed by atoms with Crippen LogP contribution in [0.25, 0.3) is 0 Å². The van der Waals surface area contributed by atoms with E-state index < -0.39 is 0 Å². The number of benzene rings is 3. The Balaban J connectivity index is 1.16. The van der Waals surface area contributed by atoms with Gasteiger partial charge in [0.25, 0.3) is 0 Å². The molecule has 0 radical (unpaired) electrons. The Labute approximate surface area is 223 Å². The molecule has 37 heavy (non-hydrogen) atoms. The van der Waals surface area contributed by atoms with Gasteiger partial charge < -0.3 is 14.8 Å². The molecule has 1 saturated heterocycles. The van der Waals surface area contributed by atoms with Gasteiger partial charge in [-0.25, -0.2) is 0 Å². The van der Waals surface area contributed by atoms with E-state index in [2.05, 4.69) is 76.9 Å². The number of hydrogen-bond acceptors (Lipinski definition) is 4. The molecule has 196 valence electrons. The first-order chi connectivity index (χ1) is 18.3. The lowest BCUT2D eigenvalue weighted by Gasteiger charge is -2.21. The highest BCUT2D eigenvalue weighted by atomic mass is 16.5. The van der Waals surface area contributed by atoms with Crippen molar-refractivity contribution in [3.8, 4) is 11.5 Å². The van der Waals surface area contributed by atoms with Crippen LogP contribution in [0.5, 0.6) is 11.5 Å². The summed E-state index contributed by atoms with van der Waals surface area (Å²) in [7, 11) is 1.75. The van der Waals surface area contributed by atoms with Gasteiger partial charge in [-0.1, -0.05) is 49.2 Å². The van der Waals surface area contributed by atoms with Crippen LogP contribution >= 0.6 is 0 Å². The van der Waals surface area contributed by atoms with E-state index in [1.165, 1.54) is 79.6 Å². The van der Waals surface area contributed by atoms with Crippen LogP contribution in [0, 0.1) is 0 Å². The van der Waals surface area contributed by atoms with Gasteiger partial charge >= 0.3 is 0 Å². The summed E-state index contributed by atoms with van der Waals surface area (Å²) in [4.78, 5) is 2.55. The molecule has 5 rings (SSSR count). The highest BCUT2D eigenvalue weighted by Gasteiger charge is 2.21. The van der Waals surface area contributed by atoms with Crippen molar-refractivity contribution in [1.29, 1.82) is 0 Å². The molecular formula is C33H42N2O2. The quantitative estimate of drug-likeness (QED) is 0.316. The molecule has 1 aliphatic carbocycles. The maximum atomic E-state index is 6.05. The summed E-state index contributed by atoms with van der Waals surface area (Å²) in [6.45, 7) is 5.04.